The smallest absolute Gasteiger partial charge is 0.328 e. The van der Waals surface area contributed by atoms with Crippen LogP contribution >= 0.6 is 11.6 Å². The number of esters is 1. The molecule has 0 aliphatic carbocycles. The third kappa shape index (κ3) is 4.92. The second-order valence-electron chi connectivity index (χ2n) is 6.66. The van der Waals surface area contributed by atoms with Crippen LogP contribution in [-0.4, -0.2) is 54.5 Å². The molecule has 0 spiro atoms. The second-order valence-corrected chi connectivity index (χ2v) is 7.10. The fourth-order valence-corrected chi connectivity index (χ4v) is 3.48. The molecule has 0 aromatic heterocycles. The fourth-order valence-electron chi connectivity index (χ4n) is 3.36. The van der Waals surface area contributed by atoms with E-state index in [1.165, 1.54) is 6.07 Å². The molecular formula is C21H21ClF2N2O3. The Labute approximate surface area is 172 Å². The van der Waals surface area contributed by atoms with Crippen LogP contribution in [0.1, 0.15) is 28.9 Å². The highest BCUT2D eigenvalue weighted by Crippen LogP contribution is 2.26. The number of piperazine rings is 1. The Kier molecular flexibility index (Phi) is 6.82. The molecule has 1 aliphatic rings. The molecule has 1 atom stereocenters. The van der Waals surface area contributed by atoms with Crippen LogP contribution in [0.2, 0.25) is 5.02 Å². The fraction of sp³-hybridized carbons (Fsp3) is 0.333. The summed E-state index contributed by atoms with van der Waals surface area (Å²) in [6.45, 7) is 3.57. The predicted octanol–water partition coefficient (Wildman–Crippen LogP) is 3.68. The Morgan fingerprint density at radius 3 is 2.28 bits per heavy atom. The number of carbonyl (C=O) groups is 2. The van der Waals surface area contributed by atoms with Gasteiger partial charge in [-0.3, -0.25) is 9.69 Å². The summed E-state index contributed by atoms with van der Waals surface area (Å²) < 4.78 is 31.8. The van der Waals surface area contributed by atoms with Crippen molar-refractivity contribution in [2.24, 2.45) is 0 Å². The van der Waals surface area contributed by atoms with E-state index in [0.29, 0.717) is 31.2 Å². The highest BCUT2D eigenvalue weighted by atomic mass is 35.5. The summed E-state index contributed by atoms with van der Waals surface area (Å²) >= 11 is 5.95. The van der Waals surface area contributed by atoms with E-state index in [1.54, 1.807) is 36.1 Å². The number of nitrogens with zero attached hydrogens (tertiary/aromatic N) is 2. The lowest BCUT2D eigenvalue weighted by molar-refractivity contribution is -0.150. The average molecular weight is 423 g/mol. The van der Waals surface area contributed by atoms with Crippen molar-refractivity contribution < 1.29 is 23.1 Å². The van der Waals surface area contributed by atoms with Gasteiger partial charge < -0.3 is 9.64 Å². The summed E-state index contributed by atoms with van der Waals surface area (Å²) in [6.07, 6.45) is 0. The molecular weight excluding hydrogens is 402 g/mol. The van der Waals surface area contributed by atoms with Gasteiger partial charge in [0.15, 0.2) is 11.6 Å². The average Bonchev–Trinajstić information content (AvgIpc) is 2.72. The second kappa shape index (κ2) is 9.33. The Balaban J connectivity index is 1.72. The summed E-state index contributed by atoms with van der Waals surface area (Å²) in [5.41, 5.74) is 0.852. The van der Waals surface area contributed by atoms with Crippen molar-refractivity contribution in [1.29, 1.82) is 0 Å². The molecule has 2 aromatic carbocycles. The van der Waals surface area contributed by atoms with Crippen molar-refractivity contribution in [2.75, 3.05) is 32.8 Å². The molecule has 0 saturated carbocycles. The zero-order valence-corrected chi connectivity index (χ0v) is 16.7. The molecule has 1 aliphatic heterocycles. The van der Waals surface area contributed by atoms with Gasteiger partial charge in [0.05, 0.1) is 6.61 Å². The summed E-state index contributed by atoms with van der Waals surface area (Å²) in [4.78, 5) is 28.7. The standard InChI is InChI=1S/C21H21ClF2N2O3/c1-2-29-21(28)19(14-3-6-16(22)7-4-14)25-9-11-26(12-10-25)20(27)15-5-8-17(23)18(24)13-15/h3-8,13,19H,2,9-12H2,1H3. The van der Waals surface area contributed by atoms with Crippen molar-refractivity contribution >= 4 is 23.5 Å². The van der Waals surface area contributed by atoms with Crippen LogP contribution in [0.4, 0.5) is 8.78 Å². The maximum Gasteiger partial charge on any atom is 0.328 e. The van der Waals surface area contributed by atoms with Gasteiger partial charge in [-0.05, 0) is 42.8 Å². The molecule has 0 N–H and O–H groups in total. The summed E-state index contributed by atoms with van der Waals surface area (Å²) in [5, 5.41) is 0.568. The molecule has 3 rings (SSSR count). The van der Waals surface area contributed by atoms with Gasteiger partial charge >= 0.3 is 5.97 Å². The molecule has 154 valence electrons. The van der Waals surface area contributed by atoms with E-state index in [-0.39, 0.29) is 24.0 Å². The Bertz CT molecular complexity index is 884. The molecule has 1 heterocycles. The molecule has 29 heavy (non-hydrogen) atoms. The van der Waals surface area contributed by atoms with Gasteiger partial charge in [0.1, 0.15) is 6.04 Å². The molecule has 1 fully saturated rings. The van der Waals surface area contributed by atoms with Crippen LogP contribution in [0.15, 0.2) is 42.5 Å². The molecule has 5 nitrogen and oxygen atoms in total. The van der Waals surface area contributed by atoms with Crippen LogP contribution in [0.25, 0.3) is 0 Å². The normalized spacial score (nSPS) is 15.8. The highest BCUT2D eigenvalue weighted by molar-refractivity contribution is 6.30. The number of ether oxygens (including phenoxy) is 1. The lowest BCUT2D eigenvalue weighted by Crippen LogP contribution is -2.51. The molecule has 8 heteroatoms. The minimum Gasteiger partial charge on any atom is -0.465 e. The summed E-state index contributed by atoms with van der Waals surface area (Å²) in [5.74, 6) is -2.79. The van der Waals surface area contributed by atoms with E-state index < -0.39 is 17.7 Å². The van der Waals surface area contributed by atoms with Crippen molar-refractivity contribution in [3.05, 3.63) is 70.2 Å². The van der Waals surface area contributed by atoms with Gasteiger partial charge in [0, 0.05) is 36.8 Å². The molecule has 1 amide bonds. The van der Waals surface area contributed by atoms with Crippen LogP contribution in [0, 0.1) is 11.6 Å². The van der Waals surface area contributed by atoms with Crippen molar-refractivity contribution in [2.45, 2.75) is 13.0 Å². The van der Waals surface area contributed by atoms with Crippen LogP contribution < -0.4 is 0 Å². The molecule has 0 radical (unpaired) electrons. The minimum absolute atomic E-state index is 0.0944. The van der Waals surface area contributed by atoms with Crippen molar-refractivity contribution in [3.8, 4) is 0 Å². The van der Waals surface area contributed by atoms with E-state index in [4.69, 9.17) is 16.3 Å². The number of benzene rings is 2. The third-order valence-corrected chi connectivity index (χ3v) is 5.08. The first kappa shape index (κ1) is 21.2. The molecule has 1 saturated heterocycles. The lowest BCUT2D eigenvalue weighted by Gasteiger charge is -2.38. The maximum atomic E-state index is 13.4. The highest BCUT2D eigenvalue weighted by Gasteiger charge is 2.33. The Morgan fingerprint density at radius 2 is 1.69 bits per heavy atom. The van der Waals surface area contributed by atoms with Crippen molar-refractivity contribution in [3.63, 3.8) is 0 Å². The third-order valence-electron chi connectivity index (χ3n) is 4.83. The number of hydrogen-bond donors (Lipinski definition) is 0. The SMILES string of the molecule is CCOC(=O)C(c1ccc(Cl)cc1)N1CCN(C(=O)c2ccc(F)c(F)c2)CC1. The molecule has 2 aromatic rings. The van der Waals surface area contributed by atoms with Crippen LogP contribution in [0.3, 0.4) is 0 Å². The molecule has 1 unspecified atom stereocenters. The molecule has 0 bridgehead atoms. The van der Waals surface area contributed by atoms with Gasteiger partial charge in [-0.25, -0.2) is 13.6 Å². The Hall–Kier alpha value is -2.51. The first-order valence-electron chi connectivity index (χ1n) is 9.31. The minimum atomic E-state index is -1.06. The van der Waals surface area contributed by atoms with E-state index >= 15 is 0 Å². The first-order chi connectivity index (χ1) is 13.9. The number of halogens is 3. The van der Waals surface area contributed by atoms with Gasteiger partial charge in [-0.2, -0.15) is 0 Å². The Morgan fingerprint density at radius 1 is 1.03 bits per heavy atom. The first-order valence-corrected chi connectivity index (χ1v) is 9.69. The zero-order valence-electron chi connectivity index (χ0n) is 15.9. The van der Waals surface area contributed by atoms with Gasteiger partial charge in [0.25, 0.3) is 5.91 Å². The topological polar surface area (TPSA) is 49.9 Å². The lowest BCUT2D eigenvalue weighted by atomic mass is 10.0. The summed E-state index contributed by atoms with van der Waals surface area (Å²) in [7, 11) is 0. The van der Waals surface area contributed by atoms with Gasteiger partial charge in [-0.1, -0.05) is 23.7 Å². The van der Waals surface area contributed by atoms with Gasteiger partial charge in [0.2, 0.25) is 0 Å². The summed E-state index contributed by atoms with van der Waals surface area (Å²) in [6, 6.07) is 9.49. The monoisotopic (exact) mass is 422 g/mol. The van der Waals surface area contributed by atoms with E-state index in [9.17, 15) is 18.4 Å². The van der Waals surface area contributed by atoms with Gasteiger partial charge in [-0.15, -0.1) is 0 Å². The number of carbonyl (C=O) groups excluding carboxylic acids is 2. The zero-order chi connectivity index (χ0) is 21.0. The number of amides is 1. The van der Waals surface area contributed by atoms with E-state index in [0.717, 1.165) is 17.7 Å². The largest absolute Gasteiger partial charge is 0.465 e. The van der Waals surface area contributed by atoms with E-state index in [1.807, 2.05) is 4.90 Å². The van der Waals surface area contributed by atoms with Crippen molar-refractivity contribution in [1.82, 2.24) is 9.80 Å². The number of rotatable bonds is 5. The number of hydrogen-bond acceptors (Lipinski definition) is 4. The quantitative estimate of drug-likeness (QED) is 0.690. The van der Waals surface area contributed by atoms with Crippen LogP contribution in [-0.2, 0) is 9.53 Å². The van der Waals surface area contributed by atoms with Crippen LogP contribution in [0.5, 0.6) is 0 Å². The van der Waals surface area contributed by atoms with E-state index in [2.05, 4.69) is 0 Å². The maximum absolute atomic E-state index is 13.4. The predicted molar refractivity (Wildman–Crippen MR) is 105 cm³/mol.